The van der Waals surface area contributed by atoms with E-state index >= 15 is 0 Å². The van der Waals surface area contributed by atoms with Crippen LogP contribution in [0, 0.1) is 0 Å². The first-order chi connectivity index (χ1) is 7.92. The Kier molecular flexibility index (Phi) is 4.62. The van der Waals surface area contributed by atoms with E-state index in [9.17, 15) is 8.42 Å². The normalized spacial score (nSPS) is 25.7. The zero-order chi connectivity index (χ0) is 12.6. The molecule has 96 valence electrons. The highest BCUT2D eigenvalue weighted by molar-refractivity contribution is 9.10. The Labute approximate surface area is 127 Å². The Morgan fingerprint density at radius 1 is 1.47 bits per heavy atom. The molecule has 2 heterocycles. The van der Waals surface area contributed by atoms with Gasteiger partial charge in [0, 0.05) is 9.35 Å². The van der Waals surface area contributed by atoms with E-state index in [1.54, 1.807) is 0 Å². The van der Waals surface area contributed by atoms with Crippen LogP contribution in [-0.4, -0.2) is 19.4 Å². The average molecular weight is 423 g/mol. The zero-order valence-electron chi connectivity index (χ0n) is 8.83. The van der Waals surface area contributed by atoms with Crippen LogP contribution in [0.15, 0.2) is 10.5 Å². The molecule has 0 saturated carbocycles. The smallest absolute Gasteiger partial charge is 0.154 e. The SMILES string of the molecule is O=S1(=O)CCCCC1C(Br)c1cc(Br)c(Cl)s1. The van der Waals surface area contributed by atoms with Gasteiger partial charge in [-0.2, -0.15) is 0 Å². The molecule has 7 heteroatoms. The quantitative estimate of drug-likeness (QED) is 0.655. The van der Waals surface area contributed by atoms with Gasteiger partial charge in [0.05, 0.1) is 15.8 Å². The van der Waals surface area contributed by atoms with Crippen LogP contribution in [0.4, 0.5) is 0 Å². The van der Waals surface area contributed by atoms with Crippen LogP contribution in [0.3, 0.4) is 0 Å². The molecule has 0 radical (unpaired) electrons. The first-order valence-corrected chi connectivity index (χ1v) is 9.84. The number of hydrogen-bond donors (Lipinski definition) is 0. The summed E-state index contributed by atoms with van der Waals surface area (Å²) in [6, 6.07) is 1.90. The number of hydrogen-bond acceptors (Lipinski definition) is 3. The lowest BCUT2D eigenvalue weighted by Crippen LogP contribution is -2.31. The summed E-state index contributed by atoms with van der Waals surface area (Å²) >= 11 is 14.3. The van der Waals surface area contributed by atoms with E-state index in [2.05, 4.69) is 31.9 Å². The maximum Gasteiger partial charge on any atom is 0.154 e. The van der Waals surface area contributed by atoms with Gasteiger partial charge in [0.15, 0.2) is 9.84 Å². The third-order valence-electron chi connectivity index (χ3n) is 2.89. The zero-order valence-corrected chi connectivity index (χ0v) is 14.4. The van der Waals surface area contributed by atoms with Crippen molar-refractivity contribution in [2.75, 3.05) is 5.75 Å². The molecule has 2 unspecified atom stereocenters. The Morgan fingerprint density at radius 2 is 2.18 bits per heavy atom. The van der Waals surface area contributed by atoms with E-state index in [1.165, 1.54) is 11.3 Å². The minimum Gasteiger partial charge on any atom is -0.228 e. The van der Waals surface area contributed by atoms with Gasteiger partial charge in [-0.25, -0.2) is 8.42 Å². The van der Waals surface area contributed by atoms with Crippen molar-refractivity contribution in [3.63, 3.8) is 0 Å². The Bertz CT molecular complexity index is 493. The fourth-order valence-corrected chi connectivity index (χ4v) is 7.47. The van der Waals surface area contributed by atoms with E-state index in [0.717, 1.165) is 28.6 Å². The maximum absolute atomic E-state index is 12.0. The molecule has 0 aromatic carbocycles. The largest absolute Gasteiger partial charge is 0.228 e. The van der Waals surface area contributed by atoms with Gasteiger partial charge in [-0.3, -0.25) is 0 Å². The summed E-state index contributed by atoms with van der Waals surface area (Å²) in [5, 5.41) is -0.321. The first-order valence-electron chi connectivity index (χ1n) is 5.22. The van der Waals surface area contributed by atoms with Crippen LogP contribution < -0.4 is 0 Å². The second-order valence-corrected chi connectivity index (χ2v) is 9.94. The average Bonchev–Trinajstić information content (AvgIpc) is 2.58. The van der Waals surface area contributed by atoms with Gasteiger partial charge in [-0.05, 0) is 34.8 Å². The van der Waals surface area contributed by atoms with Crippen LogP contribution >= 0.6 is 54.8 Å². The highest BCUT2D eigenvalue weighted by Crippen LogP contribution is 2.43. The van der Waals surface area contributed by atoms with E-state index in [4.69, 9.17) is 11.6 Å². The van der Waals surface area contributed by atoms with Gasteiger partial charge in [0.1, 0.15) is 4.34 Å². The Morgan fingerprint density at radius 3 is 2.71 bits per heavy atom. The molecular weight excluding hydrogens is 412 g/mol. The van der Waals surface area contributed by atoms with Crippen LogP contribution in [-0.2, 0) is 9.84 Å². The summed E-state index contributed by atoms with van der Waals surface area (Å²) < 4.78 is 25.5. The van der Waals surface area contributed by atoms with E-state index in [-0.39, 0.29) is 10.1 Å². The standard InChI is InChI=1S/C10H11Br2ClO2S2/c11-6-5-7(16-10(6)13)9(12)8-3-1-2-4-17(8,14)15/h5,8-9H,1-4H2. The number of sulfone groups is 1. The summed E-state index contributed by atoms with van der Waals surface area (Å²) in [6.07, 6.45) is 2.49. The fourth-order valence-electron chi connectivity index (χ4n) is 1.99. The number of halogens is 3. The summed E-state index contributed by atoms with van der Waals surface area (Å²) in [5.74, 6) is 0.306. The van der Waals surface area contributed by atoms with Crippen LogP contribution in [0.5, 0.6) is 0 Å². The lowest BCUT2D eigenvalue weighted by molar-refractivity contribution is 0.538. The van der Waals surface area contributed by atoms with E-state index in [0.29, 0.717) is 10.1 Å². The van der Waals surface area contributed by atoms with Crippen molar-refractivity contribution in [3.8, 4) is 0 Å². The van der Waals surface area contributed by atoms with Gasteiger partial charge < -0.3 is 0 Å². The first kappa shape index (κ1) is 14.3. The van der Waals surface area contributed by atoms with E-state index in [1.807, 2.05) is 6.07 Å². The molecule has 1 aliphatic heterocycles. The highest BCUT2D eigenvalue weighted by Gasteiger charge is 2.35. The van der Waals surface area contributed by atoms with Crippen molar-refractivity contribution < 1.29 is 8.42 Å². The third kappa shape index (κ3) is 3.08. The molecule has 1 aliphatic rings. The minimum atomic E-state index is -2.97. The molecule has 0 aliphatic carbocycles. The van der Waals surface area contributed by atoms with Crippen molar-refractivity contribution in [3.05, 3.63) is 19.8 Å². The van der Waals surface area contributed by atoms with Gasteiger partial charge in [-0.15, -0.1) is 11.3 Å². The van der Waals surface area contributed by atoms with Crippen molar-refractivity contribution in [2.45, 2.75) is 29.3 Å². The van der Waals surface area contributed by atoms with Crippen molar-refractivity contribution in [1.82, 2.24) is 0 Å². The van der Waals surface area contributed by atoms with Crippen molar-refractivity contribution >= 4 is 64.6 Å². The van der Waals surface area contributed by atoms with E-state index < -0.39 is 9.84 Å². The molecule has 1 aromatic heterocycles. The van der Waals surface area contributed by atoms with Crippen LogP contribution in [0.2, 0.25) is 4.34 Å². The predicted octanol–water partition coefficient (Wildman–Crippen LogP) is 4.57. The molecule has 17 heavy (non-hydrogen) atoms. The van der Waals surface area contributed by atoms with Crippen molar-refractivity contribution in [2.24, 2.45) is 0 Å². The molecule has 0 bridgehead atoms. The number of rotatable bonds is 2. The monoisotopic (exact) mass is 420 g/mol. The van der Waals surface area contributed by atoms with Gasteiger partial charge >= 0.3 is 0 Å². The van der Waals surface area contributed by atoms with Gasteiger partial charge in [0.25, 0.3) is 0 Å². The van der Waals surface area contributed by atoms with Gasteiger partial charge in [-0.1, -0.05) is 34.0 Å². The predicted molar refractivity (Wildman–Crippen MR) is 80.1 cm³/mol. The molecule has 2 nitrogen and oxygen atoms in total. The molecule has 1 aromatic rings. The summed E-state index contributed by atoms with van der Waals surface area (Å²) in [4.78, 5) is 0.818. The number of thiophene rings is 1. The molecule has 2 atom stereocenters. The molecule has 0 N–H and O–H groups in total. The Balaban J connectivity index is 2.27. The Hall–Kier alpha value is 0.900. The summed E-state index contributed by atoms with van der Waals surface area (Å²) in [6.45, 7) is 0. The maximum atomic E-state index is 12.0. The summed E-state index contributed by atoms with van der Waals surface area (Å²) in [7, 11) is -2.97. The summed E-state index contributed by atoms with van der Waals surface area (Å²) in [5.41, 5.74) is 0. The minimum absolute atomic E-state index is 0.151. The fraction of sp³-hybridized carbons (Fsp3) is 0.600. The molecule has 0 spiro atoms. The molecule has 1 fully saturated rings. The molecule has 1 saturated heterocycles. The lowest BCUT2D eigenvalue weighted by atomic mass is 10.1. The van der Waals surface area contributed by atoms with Gasteiger partial charge in [0.2, 0.25) is 0 Å². The lowest BCUT2D eigenvalue weighted by Gasteiger charge is -2.25. The highest BCUT2D eigenvalue weighted by atomic mass is 79.9. The molecular formula is C10H11Br2ClO2S2. The van der Waals surface area contributed by atoms with Crippen LogP contribution in [0.1, 0.15) is 29.0 Å². The number of alkyl halides is 1. The topological polar surface area (TPSA) is 34.1 Å². The second kappa shape index (κ2) is 5.49. The van der Waals surface area contributed by atoms with Crippen molar-refractivity contribution in [1.29, 1.82) is 0 Å². The second-order valence-electron chi connectivity index (χ2n) is 4.07. The van der Waals surface area contributed by atoms with Crippen LogP contribution in [0.25, 0.3) is 0 Å². The molecule has 2 rings (SSSR count). The molecule has 0 amide bonds. The third-order valence-corrected chi connectivity index (χ3v) is 9.52.